The molecule has 0 aromatic rings. The van der Waals surface area contributed by atoms with E-state index in [-0.39, 0.29) is 31.1 Å². The van der Waals surface area contributed by atoms with E-state index in [2.05, 4.69) is 20.8 Å². The normalized spacial score (nSPS) is 11.9. The summed E-state index contributed by atoms with van der Waals surface area (Å²) in [6, 6.07) is 0. The van der Waals surface area contributed by atoms with E-state index in [1.54, 1.807) is 0 Å². The molecule has 0 saturated heterocycles. The number of rotatable bonds is 69. The van der Waals surface area contributed by atoms with Crippen molar-refractivity contribution in [2.24, 2.45) is 0 Å². The second-order valence-electron chi connectivity index (χ2n) is 25.2. The molecule has 1 unspecified atom stereocenters. The van der Waals surface area contributed by atoms with Gasteiger partial charge >= 0.3 is 17.9 Å². The van der Waals surface area contributed by atoms with E-state index in [1.807, 2.05) is 0 Å². The smallest absolute Gasteiger partial charge is 0.306 e. The van der Waals surface area contributed by atoms with Crippen molar-refractivity contribution in [2.75, 3.05) is 13.2 Å². The zero-order chi connectivity index (χ0) is 57.1. The molecule has 0 bridgehead atoms. The van der Waals surface area contributed by atoms with E-state index in [0.29, 0.717) is 19.3 Å². The fourth-order valence-corrected chi connectivity index (χ4v) is 11.6. The molecule has 6 nitrogen and oxygen atoms in total. The fourth-order valence-electron chi connectivity index (χ4n) is 11.6. The molecule has 1 atom stereocenters. The fraction of sp³-hybridized carbons (Fsp3) is 0.959. The lowest BCUT2D eigenvalue weighted by Gasteiger charge is -2.18. The van der Waals surface area contributed by atoms with Gasteiger partial charge in [0.1, 0.15) is 13.2 Å². The monoisotopic (exact) mass is 1120 g/mol. The van der Waals surface area contributed by atoms with Crippen LogP contribution in [0.3, 0.4) is 0 Å². The molecular weight excluding hydrogens is 973 g/mol. The molecule has 0 aromatic heterocycles. The minimum atomic E-state index is -0.763. The van der Waals surface area contributed by atoms with E-state index in [1.165, 1.54) is 334 Å². The minimum absolute atomic E-state index is 0.0600. The number of esters is 3. The average Bonchev–Trinajstić information content (AvgIpc) is 3.45. The Bertz CT molecular complexity index is 1190. The third-order valence-corrected chi connectivity index (χ3v) is 17.1. The zero-order valence-electron chi connectivity index (χ0n) is 54.2. The van der Waals surface area contributed by atoms with Gasteiger partial charge in [-0.25, -0.2) is 0 Å². The van der Waals surface area contributed by atoms with Crippen LogP contribution in [0, 0.1) is 0 Å². The summed E-state index contributed by atoms with van der Waals surface area (Å²) < 4.78 is 17.0. The second kappa shape index (κ2) is 68.9. The second-order valence-corrected chi connectivity index (χ2v) is 25.2. The van der Waals surface area contributed by atoms with E-state index < -0.39 is 6.10 Å². The Labute approximate surface area is 495 Å². The van der Waals surface area contributed by atoms with E-state index >= 15 is 0 Å². The molecule has 0 aliphatic heterocycles. The van der Waals surface area contributed by atoms with Crippen LogP contribution in [-0.4, -0.2) is 37.2 Å². The van der Waals surface area contributed by atoms with Gasteiger partial charge in [0, 0.05) is 19.3 Å². The molecule has 0 N–H and O–H groups in total. The predicted octanol–water partition coefficient (Wildman–Crippen LogP) is 25.0. The van der Waals surface area contributed by atoms with Crippen LogP contribution in [0.4, 0.5) is 0 Å². The van der Waals surface area contributed by atoms with Crippen LogP contribution in [0.5, 0.6) is 0 Å². The molecule has 0 amide bonds. The highest BCUT2D eigenvalue weighted by Crippen LogP contribution is 2.20. The summed E-state index contributed by atoms with van der Waals surface area (Å²) in [6.45, 7) is 6.75. The van der Waals surface area contributed by atoms with Gasteiger partial charge in [-0.2, -0.15) is 0 Å². The van der Waals surface area contributed by atoms with Crippen LogP contribution in [0.2, 0.25) is 0 Å². The first-order valence-corrected chi connectivity index (χ1v) is 36.5. The molecule has 0 aromatic carbocycles. The summed E-state index contributed by atoms with van der Waals surface area (Å²) >= 11 is 0. The highest BCUT2D eigenvalue weighted by molar-refractivity contribution is 5.71. The van der Waals surface area contributed by atoms with Gasteiger partial charge in [0.15, 0.2) is 6.10 Å². The van der Waals surface area contributed by atoms with Gasteiger partial charge in [-0.1, -0.05) is 393 Å². The Kier molecular flexibility index (Phi) is 67.5. The first-order valence-electron chi connectivity index (χ1n) is 36.5. The van der Waals surface area contributed by atoms with Crippen molar-refractivity contribution in [1.82, 2.24) is 0 Å². The molecule has 0 spiro atoms. The highest BCUT2D eigenvalue weighted by atomic mass is 16.6. The first-order chi connectivity index (χ1) is 39.0. The largest absolute Gasteiger partial charge is 0.462 e. The van der Waals surface area contributed by atoms with Crippen LogP contribution in [-0.2, 0) is 28.6 Å². The summed E-state index contributed by atoms with van der Waals surface area (Å²) in [5.41, 5.74) is 0. The van der Waals surface area contributed by atoms with E-state index in [0.717, 1.165) is 57.8 Å². The molecule has 79 heavy (non-hydrogen) atoms. The van der Waals surface area contributed by atoms with Gasteiger partial charge in [0.05, 0.1) is 0 Å². The SMILES string of the molecule is CCCCCCCCCCCCCCCCCCCCCCCCCCCCC(=O)OCC(COC(=O)CCCCCCCCCCCCCCCC)OC(=O)CCCCCCCCCCCCCCCCCCCCCCC. The van der Waals surface area contributed by atoms with Crippen LogP contribution in [0.15, 0.2) is 0 Å². The number of carbonyl (C=O) groups excluding carboxylic acids is 3. The van der Waals surface area contributed by atoms with E-state index in [9.17, 15) is 14.4 Å². The van der Waals surface area contributed by atoms with Crippen molar-refractivity contribution >= 4 is 17.9 Å². The topological polar surface area (TPSA) is 78.9 Å². The van der Waals surface area contributed by atoms with Crippen molar-refractivity contribution in [2.45, 2.75) is 438 Å². The van der Waals surface area contributed by atoms with Crippen LogP contribution >= 0.6 is 0 Å². The Hall–Kier alpha value is -1.59. The maximum Gasteiger partial charge on any atom is 0.306 e. The van der Waals surface area contributed by atoms with Gasteiger partial charge in [-0.05, 0) is 19.3 Å². The van der Waals surface area contributed by atoms with Crippen LogP contribution in [0.1, 0.15) is 432 Å². The summed E-state index contributed by atoms with van der Waals surface area (Å²) in [5.74, 6) is -0.818. The van der Waals surface area contributed by atoms with Gasteiger partial charge in [0.2, 0.25) is 0 Å². The van der Waals surface area contributed by atoms with Crippen LogP contribution < -0.4 is 0 Å². The standard InChI is InChI=1S/C73H142O6/c1-4-7-10-13-16-19-22-25-28-30-32-34-35-36-37-38-40-41-43-45-48-51-54-57-60-63-66-72(75)78-69-70(68-77-71(74)65-62-59-56-53-50-47-27-24-21-18-15-12-9-6-3)79-73(76)67-64-61-58-55-52-49-46-44-42-39-33-31-29-26-23-20-17-14-11-8-5-2/h70H,4-69H2,1-3H3. The molecule has 0 aliphatic carbocycles. The number of carbonyl (C=O) groups is 3. The summed E-state index contributed by atoms with van der Waals surface area (Å²) in [5, 5.41) is 0. The molecule has 0 aliphatic rings. The number of hydrogen-bond acceptors (Lipinski definition) is 6. The summed E-state index contributed by atoms with van der Waals surface area (Å²) in [4.78, 5) is 38.5. The third kappa shape index (κ3) is 67.1. The number of ether oxygens (including phenoxy) is 3. The summed E-state index contributed by atoms with van der Waals surface area (Å²) in [7, 11) is 0. The molecular formula is C73H142O6. The molecule has 0 saturated carbocycles. The first kappa shape index (κ1) is 77.4. The van der Waals surface area contributed by atoms with Gasteiger partial charge in [-0.15, -0.1) is 0 Å². The molecule has 470 valence electrons. The lowest BCUT2D eigenvalue weighted by atomic mass is 10.0. The Morgan fingerprint density at radius 1 is 0.203 bits per heavy atom. The zero-order valence-corrected chi connectivity index (χ0v) is 54.2. The molecule has 0 radical (unpaired) electrons. The van der Waals surface area contributed by atoms with Gasteiger partial charge < -0.3 is 14.2 Å². The lowest BCUT2D eigenvalue weighted by Crippen LogP contribution is -2.30. The average molecular weight is 1120 g/mol. The van der Waals surface area contributed by atoms with Crippen molar-refractivity contribution in [3.05, 3.63) is 0 Å². The maximum absolute atomic E-state index is 13.0. The Balaban J connectivity index is 4.19. The van der Waals surface area contributed by atoms with E-state index in [4.69, 9.17) is 14.2 Å². The van der Waals surface area contributed by atoms with Crippen molar-refractivity contribution in [1.29, 1.82) is 0 Å². The van der Waals surface area contributed by atoms with Gasteiger partial charge in [-0.3, -0.25) is 14.4 Å². The molecule has 0 heterocycles. The quantitative estimate of drug-likeness (QED) is 0.0343. The van der Waals surface area contributed by atoms with Gasteiger partial charge in [0.25, 0.3) is 0 Å². The summed E-state index contributed by atoms with van der Waals surface area (Å²) in [6.07, 6.45) is 81.4. The van der Waals surface area contributed by atoms with Crippen molar-refractivity contribution in [3.63, 3.8) is 0 Å². The Morgan fingerprint density at radius 2 is 0.342 bits per heavy atom. The number of hydrogen-bond donors (Lipinski definition) is 0. The van der Waals surface area contributed by atoms with Crippen molar-refractivity contribution in [3.8, 4) is 0 Å². The Morgan fingerprint density at radius 3 is 0.506 bits per heavy atom. The minimum Gasteiger partial charge on any atom is -0.462 e. The highest BCUT2D eigenvalue weighted by Gasteiger charge is 2.20. The lowest BCUT2D eigenvalue weighted by molar-refractivity contribution is -0.167. The van der Waals surface area contributed by atoms with Crippen molar-refractivity contribution < 1.29 is 28.6 Å². The maximum atomic E-state index is 13.0. The molecule has 0 rings (SSSR count). The molecule has 6 heteroatoms. The van der Waals surface area contributed by atoms with Crippen LogP contribution in [0.25, 0.3) is 0 Å². The molecule has 0 fully saturated rings. The number of unbranched alkanes of at least 4 members (excludes halogenated alkanes) is 58. The third-order valence-electron chi connectivity index (χ3n) is 17.1. The predicted molar refractivity (Wildman–Crippen MR) is 344 cm³/mol.